The van der Waals surface area contributed by atoms with Gasteiger partial charge in [-0.1, -0.05) is 0 Å². The number of rotatable bonds is 7. The Morgan fingerprint density at radius 1 is 1.12 bits per heavy atom. The predicted octanol–water partition coefficient (Wildman–Crippen LogP) is 2.33. The number of nitrogens with one attached hydrogen (secondary N) is 1. The van der Waals surface area contributed by atoms with E-state index in [1.165, 1.54) is 5.69 Å². The summed E-state index contributed by atoms with van der Waals surface area (Å²) in [5.41, 5.74) is 2.03. The summed E-state index contributed by atoms with van der Waals surface area (Å²) in [7, 11) is 1.72. The van der Waals surface area contributed by atoms with Gasteiger partial charge in [0, 0.05) is 64.3 Å². The van der Waals surface area contributed by atoms with Crippen LogP contribution in [-0.2, 0) is 4.74 Å². The summed E-state index contributed by atoms with van der Waals surface area (Å²) in [6.07, 6.45) is 0. The molecule has 1 fully saturated rings. The summed E-state index contributed by atoms with van der Waals surface area (Å²) in [4.78, 5) is 18.9. The molecule has 1 aromatic rings. The number of hydrogen-bond donors (Lipinski definition) is 1. The third kappa shape index (κ3) is 5.11. The lowest BCUT2D eigenvalue weighted by molar-refractivity contribution is 0.109. The minimum absolute atomic E-state index is 0.0167. The maximum absolute atomic E-state index is 12.4. The number of methoxy groups -OCH3 is 1. The SMILES string of the molecule is CCN(CC)c1ccc(NC(=O)N2CCN(CCOC)CC2)cc1. The molecule has 0 unspecified atom stereocenters. The zero-order valence-electron chi connectivity index (χ0n) is 15.1. The van der Waals surface area contributed by atoms with Crippen molar-refractivity contribution in [2.24, 2.45) is 0 Å². The molecule has 0 bridgehead atoms. The van der Waals surface area contributed by atoms with E-state index in [1.54, 1.807) is 7.11 Å². The molecule has 1 aromatic carbocycles. The molecule has 1 saturated heterocycles. The molecule has 6 nitrogen and oxygen atoms in total. The summed E-state index contributed by atoms with van der Waals surface area (Å²) < 4.78 is 5.10. The first-order valence-electron chi connectivity index (χ1n) is 8.80. The van der Waals surface area contributed by atoms with Gasteiger partial charge in [-0.2, -0.15) is 0 Å². The van der Waals surface area contributed by atoms with Gasteiger partial charge in [-0.15, -0.1) is 0 Å². The van der Waals surface area contributed by atoms with Gasteiger partial charge in [0.25, 0.3) is 0 Å². The number of ether oxygens (including phenoxy) is 1. The number of carbonyl (C=O) groups is 1. The van der Waals surface area contributed by atoms with E-state index >= 15 is 0 Å². The van der Waals surface area contributed by atoms with Crippen LogP contribution in [-0.4, -0.2) is 75.4 Å². The molecule has 0 atom stereocenters. The Morgan fingerprint density at radius 2 is 1.75 bits per heavy atom. The molecular weight excluding hydrogens is 304 g/mol. The summed E-state index contributed by atoms with van der Waals surface area (Å²) in [6.45, 7) is 11.2. The molecule has 1 N–H and O–H groups in total. The zero-order valence-corrected chi connectivity index (χ0v) is 15.1. The van der Waals surface area contributed by atoms with Gasteiger partial charge in [0.05, 0.1) is 6.61 Å². The van der Waals surface area contributed by atoms with Gasteiger partial charge < -0.3 is 19.9 Å². The van der Waals surface area contributed by atoms with Crippen LogP contribution in [0.3, 0.4) is 0 Å². The van der Waals surface area contributed by atoms with Crippen LogP contribution in [0.5, 0.6) is 0 Å². The summed E-state index contributed by atoms with van der Waals surface area (Å²) >= 11 is 0. The fourth-order valence-electron chi connectivity index (χ4n) is 2.94. The number of piperazine rings is 1. The standard InChI is InChI=1S/C18H30N4O2/c1-4-21(5-2)17-8-6-16(7-9-17)19-18(23)22-12-10-20(11-13-22)14-15-24-3/h6-9H,4-5,10-15H2,1-3H3,(H,19,23). The first-order valence-corrected chi connectivity index (χ1v) is 8.80. The van der Waals surface area contributed by atoms with Crippen LogP contribution in [0.1, 0.15) is 13.8 Å². The third-order valence-corrected chi connectivity index (χ3v) is 4.52. The molecule has 1 aliphatic rings. The van der Waals surface area contributed by atoms with E-state index in [0.717, 1.165) is 58.1 Å². The normalized spacial score (nSPS) is 15.4. The van der Waals surface area contributed by atoms with Crippen LogP contribution in [0.15, 0.2) is 24.3 Å². The molecule has 2 rings (SSSR count). The number of nitrogens with zero attached hydrogens (tertiary/aromatic N) is 3. The number of urea groups is 1. The Labute approximate surface area is 145 Å². The maximum atomic E-state index is 12.4. The fraction of sp³-hybridized carbons (Fsp3) is 0.611. The van der Waals surface area contributed by atoms with Crippen molar-refractivity contribution < 1.29 is 9.53 Å². The van der Waals surface area contributed by atoms with Gasteiger partial charge in [0.1, 0.15) is 0 Å². The number of carbonyl (C=O) groups excluding carboxylic acids is 1. The van der Waals surface area contributed by atoms with E-state index in [9.17, 15) is 4.79 Å². The van der Waals surface area contributed by atoms with Gasteiger partial charge in [0.15, 0.2) is 0 Å². The van der Waals surface area contributed by atoms with Crippen molar-refractivity contribution in [3.8, 4) is 0 Å². The Bertz CT molecular complexity index is 494. The van der Waals surface area contributed by atoms with Gasteiger partial charge in [-0.25, -0.2) is 4.79 Å². The molecule has 134 valence electrons. The van der Waals surface area contributed by atoms with E-state index in [-0.39, 0.29) is 6.03 Å². The zero-order chi connectivity index (χ0) is 17.4. The number of anilines is 2. The number of hydrogen-bond acceptors (Lipinski definition) is 4. The van der Waals surface area contributed by atoms with E-state index in [0.29, 0.717) is 0 Å². The maximum Gasteiger partial charge on any atom is 0.321 e. The third-order valence-electron chi connectivity index (χ3n) is 4.52. The Hall–Kier alpha value is -1.79. The average molecular weight is 334 g/mol. The summed E-state index contributed by atoms with van der Waals surface area (Å²) in [5, 5.41) is 3.00. The van der Waals surface area contributed by atoms with Gasteiger partial charge in [-0.05, 0) is 38.1 Å². The highest BCUT2D eigenvalue weighted by atomic mass is 16.5. The van der Waals surface area contributed by atoms with Gasteiger partial charge >= 0.3 is 6.03 Å². The van der Waals surface area contributed by atoms with Crippen molar-refractivity contribution in [1.82, 2.24) is 9.80 Å². The monoisotopic (exact) mass is 334 g/mol. The Kier molecular flexibility index (Phi) is 7.34. The van der Waals surface area contributed by atoms with Crippen molar-refractivity contribution in [3.05, 3.63) is 24.3 Å². The molecule has 6 heteroatoms. The minimum atomic E-state index is -0.0167. The van der Waals surface area contributed by atoms with Crippen molar-refractivity contribution >= 4 is 17.4 Å². The smallest absolute Gasteiger partial charge is 0.321 e. The molecule has 1 heterocycles. The van der Waals surface area contributed by atoms with E-state index < -0.39 is 0 Å². The average Bonchev–Trinajstić information content (AvgIpc) is 2.62. The molecule has 0 aliphatic carbocycles. The summed E-state index contributed by atoms with van der Waals surface area (Å²) in [6, 6.07) is 8.05. The molecule has 1 aliphatic heterocycles. The minimum Gasteiger partial charge on any atom is -0.383 e. The van der Waals surface area contributed by atoms with Crippen molar-refractivity contribution in [2.45, 2.75) is 13.8 Å². The highest BCUT2D eigenvalue weighted by molar-refractivity contribution is 5.89. The van der Waals surface area contributed by atoms with Crippen LogP contribution >= 0.6 is 0 Å². The van der Waals surface area contributed by atoms with Crippen LogP contribution in [0.2, 0.25) is 0 Å². The highest BCUT2D eigenvalue weighted by Gasteiger charge is 2.20. The number of amides is 2. The van der Waals surface area contributed by atoms with Gasteiger partial charge in [-0.3, -0.25) is 4.90 Å². The second-order valence-electron chi connectivity index (χ2n) is 5.97. The van der Waals surface area contributed by atoms with Crippen molar-refractivity contribution in [2.75, 3.05) is 69.7 Å². The van der Waals surface area contributed by atoms with Crippen LogP contribution < -0.4 is 10.2 Å². The first-order chi connectivity index (χ1) is 11.7. The molecular formula is C18H30N4O2. The van der Waals surface area contributed by atoms with Crippen LogP contribution in [0.4, 0.5) is 16.2 Å². The Balaban J connectivity index is 1.82. The topological polar surface area (TPSA) is 48.1 Å². The second kappa shape index (κ2) is 9.49. The van der Waals surface area contributed by atoms with Crippen LogP contribution in [0, 0.1) is 0 Å². The fourth-order valence-corrected chi connectivity index (χ4v) is 2.94. The Morgan fingerprint density at radius 3 is 2.29 bits per heavy atom. The quantitative estimate of drug-likeness (QED) is 0.831. The van der Waals surface area contributed by atoms with Crippen molar-refractivity contribution in [1.29, 1.82) is 0 Å². The lowest BCUT2D eigenvalue weighted by Crippen LogP contribution is -2.50. The lowest BCUT2D eigenvalue weighted by atomic mass is 10.2. The second-order valence-corrected chi connectivity index (χ2v) is 5.97. The number of benzene rings is 1. The largest absolute Gasteiger partial charge is 0.383 e. The molecule has 24 heavy (non-hydrogen) atoms. The predicted molar refractivity (Wildman–Crippen MR) is 98.9 cm³/mol. The van der Waals surface area contributed by atoms with Crippen LogP contribution in [0.25, 0.3) is 0 Å². The molecule has 0 aromatic heterocycles. The molecule has 2 amide bonds. The highest BCUT2D eigenvalue weighted by Crippen LogP contribution is 2.18. The van der Waals surface area contributed by atoms with Crippen molar-refractivity contribution in [3.63, 3.8) is 0 Å². The summed E-state index contributed by atoms with van der Waals surface area (Å²) in [5.74, 6) is 0. The first kappa shape index (κ1) is 18.5. The van der Waals surface area contributed by atoms with E-state index in [2.05, 4.69) is 41.1 Å². The van der Waals surface area contributed by atoms with Gasteiger partial charge in [0.2, 0.25) is 0 Å². The molecule has 0 saturated carbocycles. The molecule has 0 radical (unpaired) electrons. The van der Waals surface area contributed by atoms with E-state index in [4.69, 9.17) is 4.74 Å². The molecule has 0 spiro atoms. The van der Waals surface area contributed by atoms with E-state index in [1.807, 2.05) is 17.0 Å². The lowest BCUT2D eigenvalue weighted by Gasteiger charge is -2.34.